The van der Waals surface area contributed by atoms with Gasteiger partial charge in [0, 0.05) is 6.04 Å². The number of hydrogen-bond acceptors (Lipinski definition) is 1. The van der Waals surface area contributed by atoms with E-state index in [0.29, 0.717) is 17.9 Å². The molecule has 0 aromatic heterocycles. The second kappa shape index (κ2) is 6.85. The van der Waals surface area contributed by atoms with Crippen molar-refractivity contribution in [1.29, 1.82) is 0 Å². The second-order valence-electron chi connectivity index (χ2n) is 6.76. The summed E-state index contributed by atoms with van der Waals surface area (Å²) in [4.78, 5) is 0. The van der Waals surface area contributed by atoms with E-state index in [0.717, 1.165) is 6.42 Å². The first-order chi connectivity index (χ1) is 8.30. The van der Waals surface area contributed by atoms with Crippen molar-refractivity contribution in [3.63, 3.8) is 0 Å². The molecule has 3 heteroatoms. The van der Waals surface area contributed by atoms with Crippen LogP contribution in [0.2, 0.25) is 0 Å². The molecule has 0 fully saturated rings. The Morgan fingerprint density at radius 1 is 1.39 bits per heavy atom. The molecule has 0 saturated carbocycles. The molecule has 0 spiro atoms. The fourth-order valence-electron chi connectivity index (χ4n) is 2.31. The Kier molecular flexibility index (Phi) is 6.06. The Morgan fingerprint density at radius 3 is 2.50 bits per heavy atom. The van der Waals surface area contributed by atoms with Gasteiger partial charge in [-0.1, -0.05) is 26.0 Å². The zero-order valence-corrected chi connectivity index (χ0v) is 13.3. The highest BCUT2D eigenvalue weighted by Gasteiger charge is 2.27. The van der Waals surface area contributed by atoms with Gasteiger partial charge in [0.15, 0.2) is 0 Å². The van der Waals surface area contributed by atoms with E-state index in [1.165, 1.54) is 19.3 Å². The van der Waals surface area contributed by atoms with E-state index in [4.69, 9.17) is 0 Å². The molecule has 18 heavy (non-hydrogen) atoms. The van der Waals surface area contributed by atoms with Gasteiger partial charge in [0.1, 0.15) is 0 Å². The van der Waals surface area contributed by atoms with Gasteiger partial charge in [-0.2, -0.15) is 0 Å². The number of hydrogen-bond donors (Lipinski definition) is 1. The Balaban J connectivity index is 2.69. The first-order valence-electron chi connectivity index (χ1n) is 7.15. The first-order valence-corrected chi connectivity index (χ1v) is 8.30. The molecule has 3 atom stereocenters. The van der Waals surface area contributed by atoms with Crippen LogP contribution in [0, 0.1) is 11.8 Å². The van der Waals surface area contributed by atoms with Crippen molar-refractivity contribution in [2.45, 2.75) is 71.1 Å². The lowest BCUT2D eigenvalue weighted by molar-refractivity contribution is 0.360. The van der Waals surface area contributed by atoms with Gasteiger partial charge < -0.3 is 0 Å². The van der Waals surface area contributed by atoms with Gasteiger partial charge in [-0.25, -0.2) is 8.93 Å². The molecule has 0 aliphatic heterocycles. The smallest absolute Gasteiger partial charge is 0.0972 e. The SMILES string of the molecule is CC(C)C[C@@H](NS(=O)C(C)(C)C)[C@@H]1C=CCCC1. The monoisotopic (exact) mass is 271 g/mol. The van der Waals surface area contributed by atoms with Crippen molar-refractivity contribution in [2.75, 3.05) is 0 Å². The maximum atomic E-state index is 12.3. The summed E-state index contributed by atoms with van der Waals surface area (Å²) in [7, 11) is -0.969. The van der Waals surface area contributed by atoms with Crippen molar-refractivity contribution in [3.8, 4) is 0 Å². The Bertz CT molecular complexity index is 304. The topological polar surface area (TPSA) is 29.1 Å². The van der Waals surface area contributed by atoms with Gasteiger partial charge in [0.25, 0.3) is 0 Å². The van der Waals surface area contributed by atoms with E-state index in [9.17, 15) is 4.21 Å². The molecule has 0 bridgehead atoms. The first kappa shape index (κ1) is 15.9. The fourth-order valence-corrected chi connectivity index (χ4v) is 3.21. The molecular formula is C15H29NOS. The number of allylic oxidation sites excluding steroid dienone is 1. The largest absolute Gasteiger partial charge is 0.242 e. The van der Waals surface area contributed by atoms with Crippen LogP contribution in [-0.4, -0.2) is 15.0 Å². The zero-order chi connectivity index (χ0) is 13.8. The predicted octanol–water partition coefficient (Wildman–Crippen LogP) is 3.81. The summed E-state index contributed by atoms with van der Waals surface area (Å²) in [6, 6.07) is 0.349. The van der Waals surface area contributed by atoms with E-state index >= 15 is 0 Å². The molecule has 1 aliphatic rings. The van der Waals surface area contributed by atoms with Gasteiger partial charge >= 0.3 is 0 Å². The van der Waals surface area contributed by atoms with Crippen LogP contribution in [0.1, 0.15) is 60.3 Å². The van der Waals surface area contributed by atoms with Crippen LogP contribution >= 0.6 is 0 Å². The van der Waals surface area contributed by atoms with Crippen molar-refractivity contribution in [3.05, 3.63) is 12.2 Å². The predicted molar refractivity (Wildman–Crippen MR) is 80.8 cm³/mol. The molecule has 106 valence electrons. The molecule has 0 heterocycles. The summed E-state index contributed by atoms with van der Waals surface area (Å²) < 4.78 is 15.5. The van der Waals surface area contributed by atoms with Crippen LogP contribution in [0.15, 0.2) is 12.2 Å². The Labute approximate surface area is 115 Å². The van der Waals surface area contributed by atoms with E-state index in [1.54, 1.807) is 0 Å². The summed E-state index contributed by atoms with van der Waals surface area (Å²) in [6.45, 7) is 10.6. The number of nitrogens with one attached hydrogen (secondary N) is 1. The molecule has 0 saturated heterocycles. The van der Waals surface area contributed by atoms with Gasteiger partial charge in [-0.15, -0.1) is 0 Å². The zero-order valence-electron chi connectivity index (χ0n) is 12.5. The average molecular weight is 271 g/mol. The number of rotatable bonds is 5. The molecule has 1 aliphatic carbocycles. The molecule has 0 aromatic rings. The maximum absolute atomic E-state index is 12.3. The van der Waals surface area contributed by atoms with E-state index in [-0.39, 0.29) is 4.75 Å². The van der Waals surface area contributed by atoms with Gasteiger partial charge in [0.2, 0.25) is 0 Å². The maximum Gasteiger partial charge on any atom is 0.0972 e. The second-order valence-corrected chi connectivity index (χ2v) is 8.76. The van der Waals surface area contributed by atoms with Crippen LogP contribution < -0.4 is 4.72 Å². The van der Waals surface area contributed by atoms with Crippen LogP contribution in [0.4, 0.5) is 0 Å². The van der Waals surface area contributed by atoms with Crippen LogP contribution in [0.5, 0.6) is 0 Å². The highest BCUT2D eigenvalue weighted by Crippen LogP contribution is 2.25. The van der Waals surface area contributed by atoms with Crippen molar-refractivity contribution >= 4 is 11.0 Å². The minimum Gasteiger partial charge on any atom is -0.242 e. The van der Waals surface area contributed by atoms with Crippen molar-refractivity contribution in [2.24, 2.45) is 11.8 Å². The summed E-state index contributed by atoms with van der Waals surface area (Å²) in [5, 5.41) is 0. The molecule has 2 nitrogen and oxygen atoms in total. The average Bonchev–Trinajstić information content (AvgIpc) is 2.27. The van der Waals surface area contributed by atoms with Crippen LogP contribution in [-0.2, 0) is 11.0 Å². The third-order valence-corrected chi connectivity index (χ3v) is 4.98. The summed E-state index contributed by atoms with van der Waals surface area (Å²) in [5.41, 5.74) is 0. The Morgan fingerprint density at radius 2 is 2.06 bits per heavy atom. The molecule has 0 amide bonds. The normalized spacial score (nSPS) is 24.2. The van der Waals surface area contributed by atoms with Gasteiger partial charge in [0.05, 0.1) is 15.7 Å². The van der Waals surface area contributed by atoms with E-state index in [1.807, 2.05) is 20.8 Å². The molecule has 0 aromatic carbocycles. The lowest BCUT2D eigenvalue weighted by Crippen LogP contribution is -2.44. The van der Waals surface area contributed by atoms with Gasteiger partial charge in [-0.05, 0) is 58.3 Å². The molecule has 1 rings (SSSR count). The standard InChI is InChI=1S/C15H29NOS/c1-12(2)11-14(13-9-7-6-8-10-13)16-18(17)15(3,4)5/h7,9,12-14,16H,6,8,10-11H2,1-5H3/t13-,14-,18?/m1/s1. The molecule has 1 N–H and O–H groups in total. The van der Waals surface area contributed by atoms with Crippen molar-refractivity contribution in [1.82, 2.24) is 4.72 Å². The molecule has 0 radical (unpaired) electrons. The molecule has 1 unspecified atom stereocenters. The highest BCUT2D eigenvalue weighted by atomic mass is 32.2. The Hall–Kier alpha value is -0.150. The van der Waals surface area contributed by atoms with Crippen LogP contribution in [0.25, 0.3) is 0 Å². The summed E-state index contributed by atoms with van der Waals surface area (Å²) >= 11 is 0. The fraction of sp³-hybridized carbons (Fsp3) is 0.867. The minimum atomic E-state index is -0.969. The summed E-state index contributed by atoms with van der Waals surface area (Å²) in [5.74, 6) is 1.18. The third kappa shape index (κ3) is 5.23. The minimum absolute atomic E-state index is 0.187. The van der Waals surface area contributed by atoms with Crippen molar-refractivity contribution < 1.29 is 4.21 Å². The highest BCUT2D eigenvalue weighted by molar-refractivity contribution is 7.84. The lowest BCUT2D eigenvalue weighted by Gasteiger charge is -2.31. The van der Waals surface area contributed by atoms with E-state index in [2.05, 4.69) is 30.7 Å². The summed E-state index contributed by atoms with van der Waals surface area (Å²) in [6.07, 6.45) is 9.39. The quantitative estimate of drug-likeness (QED) is 0.757. The lowest BCUT2D eigenvalue weighted by atomic mass is 9.86. The third-order valence-electron chi connectivity index (χ3n) is 3.35. The van der Waals surface area contributed by atoms with E-state index < -0.39 is 11.0 Å². The molecular weight excluding hydrogens is 242 g/mol. The van der Waals surface area contributed by atoms with Gasteiger partial charge in [-0.3, -0.25) is 0 Å². The van der Waals surface area contributed by atoms with Crippen LogP contribution in [0.3, 0.4) is 0 Å².